The Bertz CT molecular complexity index is 621. The Morgan fingerprint density at radius 3 is 2.29 bits per heavy atom. The minimum Gasteiger partial charge on any atom is -0.493 e. The van der Waals surface area contributed by atoms with Crippen LogP contribution in [0.4, 0.5) is 0 Å². The van der Waals surface area contributed by atoms with Gasteiger partial charge in [-0.2, -0.15) is 0 Å². The van der Waals surface area contributed by atoms with Crippen LogP contribution in [-0.4, -0.2) is 75.7 Å². The first-order chi connectivity index (χ1) is 13.0. The Hall–Kier alpha value is -1.71. The van der Waals surface area contributed by atoms with Gasteiger partial charge in [-0.1, -0.05) is 6.07 Å². The lowest BCUT2D eigenvalue weighted by atomic mass is 10.1. The molecule has 1 amide bonds. The Kier molecular flexibility index (Phi) is 13.4. The number of ether oxygens (including phenoxy) is 2. The van der Waals surface area contributed by atoms with Gasteiger partial charge in [0.1, 0.15) is 0 Å². The molecule has 0 bridgehead atoms. The van der Waals surface area contributed by atoms with Gasteiger partial charge in [0.15, 0.2) is 17.5 Å². The zero-order chi connectivity index (χ0) is 20.2. The van der Waals surface area contributed by atoms with E-state index in [1.54, 1.807) is 14.2 Å². The molecule has 0 saturated heterocycles. The average Bonchev–Trinajstić information content (AvgIpc) is 2.67. The molecule has 0 aliphatic rings. The largest absolute Gasteiger partial charge is 0.493 e. The molecule has 8 heteroatoms. The minimum absolute atomic E-state index is 0. The van der Waals surface area contributed by atoms with Crippen molar-refractivity contribution in [1.82, 2.24) is 15.1 Å². The van der Waals surface area contributed by atoms with E-state index in [0.29, 0.717) is 24.6 Å². The minimum atomic E-state index is 0. The van der Waals surface area contributed by atoms with E-state index in [0.717, 1.165) is 37.6 Å². The van der Waals surface area contributed by atoms with Gasteiger partial charge in [-0.15, -0.1) is 24.0 Å². The standard InChI is InChI=1S/C20H34N4O3.HI/c1-7-21-20(23(4)15-19(25)24(8-2)9-3)22-13-12-16-10-11-17(26-5)18(14-16)27-6;/h10-11,14H,7-9,12-13,15H2,1-6H3,(H,21,22);1H. The summed E-state index contributed by atoms with van der Waals surface area (Å²) in [6.45, 7) is 9.11. The Labute approximate surface area is 186 Å². The highest BCUT2D eigenvalue weighted by Gasteiger charge is 2.15. The van der Waals surface area contributed by atoms with Gasteiger partial charge in [0.25, 0.3) is 0 Å². The van der Waals surface area contributed by atoms with Crippen LogP contribution in [-0.2, 0) is 11.2 Å². The molecule has 160 valence electrons. The summed E-state index contributed by atoms with van der Waals surface area (Å²) >= 11 is 0. The van der Waals surface area contributed by atoms with Gasteiger partial charge >= 0.3 is 0 Å². The third kappa shape index (κ3) is 8.12. The number of benzene rings is 1. The highest BCUT2D eigenvalue weighted by Crippen LogP contribution is 2.27. The van der Waals surface area contributed by atoms with Gasteiger partial charge in [-0.25, -0.2) is 0 Å². The molecule has 7 nitrogen and oxygen atoms in total. The van der Waals surface area contributed by atoms with Crippen LogP contribution in [0.25, 0.3) is 0 Å². The number of hydrogen-bond donors (Lipinski definition) is 1. The smallest absolute Gasteiger partial charge is 0.242 e. The summed E-state index contributed by atoms with van der Waals surface area (Å²) in [5, 5.41) is 3.25. The zero-order valence-corrected chi connectivity index (χ0v) is 20.3. The quantitative estimate of drug-likeness (QED) is 0.300. The van der Waals surface area contributed by atoms with E-state index in [2.05, 4.69) is 10.3 Å². The van der Waals surface area contributed by atoms with Crippen LogP contribution >= 0.6 is 24.0 Å². The van der Waals surface area contributed by atoms with Crippen molar-refractivity contribution in [3.05, 3.63) is 23.8 Å². The Morgan fingerprint density at radius 2 is 1.75 bits per heavy atom. The van der Waals surface area contributed by atoms with E-state index in [1.165, 1.54) is 0 Å². The van der Waals surface area contributed by atoms with Crippen LogP contribution in [0.3, 0.4) is 0 Å². The van der Waals surface area contributed by atoms with Crippen molar-refractivity contribution in [3.63, 3.8) is 0 Å². The molecule has 0 spiro atoms. The maximum atomic E-state index is 12.3. The summed E-state index contributed by atoms with van der Waals surface area (Å²) in [4.78, 5) is 20.7. The number of nitrogens with zero attached hydrogens (tertiary/aromatic N) is 3. The molecule has 1 aromatic carbocycles. The van der Waals surface area contributed by atoms with Crippen LogP contribution in [0.5, 0.6) is 11.5 Å². The summed E-state index contributed by atoms with van der Waals surface area (Å²) in [7, 11) is 5.14. The van der Waals surface area contributed by atoms with Crippen LogP contribution in [0.2, 0.25) is 0 Å². The predicted molar refractivity (Wildman–Crippen MR) is 125 cm³/mol. The molecule has 0 radical (unpaired) electrons. The van der Waals surface area contributed by atoms with Gasteiger partial charge in [0.2, 0.25) is 5.91 Å². The predicted octanol–water partition coefficient (Wildman–Crippen LogP) is 2.63. The Balaban J connectivity index is 0.00000729. The van der Waals surface area contributed by atoms with E-state index in [9.17, 15) is 4.79 Å². The summed E-state index contributed by atoms with van der Waals surface area (Å²) in [5.41, 5.74) is 1.12. The topological polar surface area (TPSA) is 66.4 Å². The van der Waals surface area contributed by atoms with Gasteiger partial charge in [-0.3, -0.25) is 9.79 Å². The van der Waals surface area contributed by atoms with Crippen LogP contribution in [0.1, 0.15) is 26.3 Å². The van der Waals surface area contributed by atoms with Crippen molar-refractivity contribution in [2.45, 2.75) is 27.2 Å². The number of amides is 1. The first-order valence-electron chi connectivity index (χ1n) is 9.48. The molecule has 0 fully saturated rings. The van der Waals surface area contributed by atoms with E-state index >= 15 is 0 Å². The van der Waals surface area contributed by atoms with Gasteiger partial charge < -0.3 is 24.6 Å². The van der Waals surface area contributed by atoms with E-state index in [4.69, 9.17) is 9.47 Å². The molecule has 1 aromatic rings. The molecular weight excluding hydrogens is 471 g/mol. The second-order valence-electron chi connectivity index (χ2n) is 6.10. The normalized spacial score (nSPS) is 10.7. The molecule has 0 saturated carbocycles. The SMILES string of the molecule is CCNC(=NCCc1ccc(OC)c(OC)c1)N(C)CC(=O)N(CC)CC.I. The molecule has 28 heavy (non-hydrogen) atoms. The molecule has 0 aliphatic carbocycles. The number of guanidine groups is 1. The van der Waals surface area contributed by atoms with E-state index in [-0.39, 0.29) is 29.9 Å². The van der Waals surface area contributed by atoms with Gasteiger partial charge in [0.05, 0.1) is 20.8 Å². The fourth-order valence-corrected chi connectivity index (χ4v) is 2.75. The first-order valence-corrected chi connectivity index (χ1v) is 9.48. The van der Waals surface area contributed by atoms with Crippen molar-refractivity contribution in [1.29, 1.82) is 0 Å². The van der Waals surface area contributed by atoms with Crippen molar-refractivity contribution < 1.29 is 14.3 Å². The number of carbonyl (C=O) groups is 1. The number of likely N-dealkylation sites (N-methyl/N-ethyl adjacent to an activating group) is 2. The molecule has 0 heterocycles. The lowest BCUT2D eigenvalue weighted by molar-refractivity contribution is -0.131. The number of methoxy groups -OCH3 is 2. The van der Waals surface area contributed by atoms with Crippen molar-refractivity contribution >= 4 is 35.8 Å². The summed E-state index contributed by atoms with van der Waals surface area (Å²) < 4.78 is 10.6. The summed E-state index contributed by atoms with van der Waals surface area (Å²) in [6.07, 6.45) is 0.771. The highest BCUT2D eigenvalue weighted by atomic mass is 127. The van der Waals surface area contributed by atoms with Gasteiger partial charge in [-0.05, 0) is 44.9 Å². The third-order valence-electron chi connectivity index (χ3n) is 4.30. The third-order valence-corrected chi connectivity index (χ3v) is 4.30. The van der Waals surface area contributed by atoms with Crippen molar-refractivity contribution in [2.75, 3.05) is 54.0 Å². The van der Waals surface area contributed by atoms with Crippen LogP contribution in [0, 0.1) is 0 Å². The maximum absolute atomic E-state index is 12.3. The summed E-state index contributed by atoms with van der Waals surface area (Å²) in [5.74, 6) is 2.27. The monoisotopic (exact) mass is 506 g/mol. The summed E-state index contributed by atoms with van der Waals surface area (Å²) in [6, 6.07) is 5.88. The Morgan fingerprint density at radius 1 is 1.11 bits per heavy atom. The van der Waals surface area contributed by atoms with Crippen LogP contribution < -0.4 is 14.8 Å². The lowest BCUT2D eigenvalue weighted by Crippen LogP contribution is -2.45. The number of aliphatic imine (C=N–C) groups is 1. The fourth-order valence-electron chi connectivity index (χ4n) is 2.75. The average molecular weight is 506 g/mol. The van der Waals surface area contributed by atoms with Crippen molar-refractivity contribution in [3.8, 4) is 11.5 Å². The molecule has 0 unspecified atom stereocenters. The number of nitrogens with one attached hydrogen (secondary N) is 1. The molecule has 0 atom stereocenters. The van der Waals surface area contributed by atoms with Crippen LogP contribution in [0.15, 0.2) is 23.2 Å². The maximum Gasteiger partial charge on any atom is 0.242 e. The number of rotatable bonds is 10. The van der Waals surface area contributed by atoms with Gasteiger partial charge in [0, 0.05) is 33.2 Å². The molecule has 1 rings (SSSR count). The first kappa shape index (κ1) is 26.3. The molecular formula is C20H35IN4O3. The van der Waals surface area contributed by atoms with E-state index in [1.807, 2.05) is 55.8 Å². The zero-order valence-electron chi connectivity index (χ0n) is 17.9. The molecule has 1 N–H and O–H groups in total. The number of carbonyl (C=O) groups excluding carboxylic acids is 1. The second-order valence-corrected chi connectivity index (χ2v) is 6.10. The lowest BCUT2D eigenvalue weighted by Gasteiger charge is -2.25. The number of hydrogen-bond acceptors (Lipinski definition) is 4. The molecule has 0 aromatic heterocycles. The highest BCUT2D eigenvalue weighted by molar-refractivity contribution is 14.0. The fraction of sp³-hybridized carbons (Fsp3) is 0.600. The second kappa shape index (κ2) is 14.3. The van der Waals surface area contributed by atoms with E-state index < -0.39 is 0 Å². The molecule has 0 aliphatic heterocycles. The number of halogens is 1. The van der Waals surface area contributed by atoms with Crippen molar-refractivity contribution in [2.24, 2.45) is 4.99 Å².